The first-order chi connectivity index (χ1) is 12.1. The van der Waals surface area contributed by atoms with E-state index in [4.69, 9.17) is 5.26 Å². The van der Waals surface area contributed by atoms with Crippen LogP contribution in [0.1, 0.15) is 12.2 Å². The van der Waals surface area contributed by atoms with Crippen LogP contribution in [0.25, 0.3) is 20.7 Å². The number of rotatable bonds is 6. The predicted molar refractivity (Wildman–Crippen MR) is 104 cm³/mol. The molecular formula is C17H16N4OS3. The van der Waals surface area contributed by atoms with Gasteiger partial charge in [-0.3, -0.25) is 4.79 Å². The van der Waals surface area contributed by atoms with Crippen molar-refractivity contribution in [3.05, 3.63) is 28.7 Å². The second kappa shape index (κ2) is 7.95. The number of fused-ring (bicyclic) bond motifs is 1. The third-order valence-electron chi connectivity index (χ3n) is 3.62. The molecule has 3 aromatic rings. The molecule has 25 heavy (non-hydrogen) atoms. The molecule has 128 valence electrons. The number of carbonyl (C=O) groups excluding carboxylic acids is 1. The van der Waals surface area contributed by atoms with E-state index in [1.807, 2.05) is 18.4 Å². The number of aromatic nitrogens is 2. The quantitative estimate of drug-likeness (QED) is 0.468. The summed E-state index contributed by atoms with van der Waals surface area (Å²) in [6, 6.07) is 6.17. The molecule has 0 radical (unpaired) electrons. The smallest absolute Gasteiger partial charge is 0.232 e. The lowest BCUT2D eigenvalue weighted by molar-refractivity contribution is -0.127. The Morgan fingerprint density at radius 2 is 2.24 bits per heavy atom. The van der Waals surface area contributed by atoms with Gasteiger partial charge in [0.2, 0.25) is 5.91 Å². The Kier molecular flexibility index (Phi) is 5.68. The molecule has 8 heteroatoms. The second-order valence-corrected chi connectivity index (χ2v) is 8.16. The maximum atomic E-state index is 12.3. The van der Waals surface area contributed by atoms with Crippen molar-refractivity contribution >= 4 is 50.6 Å². The number of nitriles is 1. The summed E-state index contributed by atoms with van der Waals surface area (Å²) in [6.07, 6.45) is 0.344. The van der Waals surface area contributed by atoms with Gasteiger partial charge in [0.1, 0.15) is 15.7 Å². The van der Waals surface area contributed by atoms with Crippen LogP contribution in [-0.4, -0.2) is 40.1 Å². The number of carbonyl (C=O) groups is 1. The standard InChI is InChI=1S/C17H16N4OS3/c1-11-19-16-15(12(9-24-16)13-5-3-8-23-13)17(20-11)25-10-14(22)21(2)7-4-6-18/h3,5,8-9H,4,7,10H2,1-2H3. The molecule has 0 saturated heterocycles. The lowest BCUT2D eigenvalue weighted by atomic mass is 10.2. The topological polar surface area (TPSA) is 69.9 Å². The maximum absolute atomic E-state index is 12.3. The molecule has 3 aromatic heterocycles. The van der Waals surface area contributed by atoms with Gasteiger partial charge in [-0.1, -0.05) is 17.8 Å². The Morgan fingerprint density at radius 1 is 1.40 bits per heavy atom. The van der Waals surface area contributed by atoms with Crippen molar-refractivity contribution in [2.75, 3.05) is 19.3 Å². The Balaban J connectivity index is 1.87. The fourth-order valence-electron chi connectivity index (χ4n) is 2.31. The molecule has 1 amide bonds. The van der Waals surface area contributed by atoms with Crippen LogP contribution in [0.5, 0.6) is 0 Å². The Hall–Kier alpha value is -1.95. The zero-order valence-corrected chi connectivity index (χ0v) is 16.3. The van der Waals surface area contributed by atoms with Crippen LogP contribution in [-0.2, 0) is 4.79 Å². The molecule has 0 aliphatic heterocycles. The van der Waals surface area contributed by atoms with Crippen LogP contribution in [0.4, 0.5) is 0 Å². The molecule has 5 nitrogen and oxygen atoms in total. The lowest BCUT2D eigenvalue weighted by Gasteiger charge is -2.15. The molecule has 0 aromatic carbocycles. The van der Waals surface area contributed by atoms with Gasteiger partial charge in [0.25, 0.3) is 0 Å². The molecule has 0 fully saturated rings. The number of aryl methyl sites for hydroxylation is 1. The largest absolute Gasteiger partial charge is 0.344 e. The average Bonchev–Trinajstić information content (AvgIpc) is 3.25. The number of amides is 1. The summed E-state index contributed by atoms with van der Waals surface area (Å²) in [5.74, 6) is 1.00. The SMILES string of the molecule is Cc1nc(SCC(=O)N(C)CCC#N)c2c(-c3cccs3)csc2n1. The molecule has 0 spiro atoms. The average molecular weight is 389 g/mol. The molecule has 0 bridgehead atoms. The van der Waals surface area contributed by atoms with Gasteiger partial charge in [-0.15, -0.1) is 22.7 Å². The highest BCUT2D eigenvalue weighted by Crippen LogP contribution is 2.39. The van der Waals surface area contributed by atoms with E-state index in [1.54, 1.807) is 34.6 Å². The molecule has 0 atom stereocenters. The fraction of sp³-hybridized carbons (Fsp3) is 0.294. The second-order valence-electron chi connectivity index (χ2n) is 5.39. The minimum atomic E-state index is -0.00225. The number of nitrogens with zero attached hydrogens (tertiary/aromatic N) is 4. The summed E-state index contributed by atoms with van der Waals surface area (Å²) in [7, 11) is 1.72. The highest BCUT2D eigenvalue weighted by molar-refractivity contribution is 8.00. The van der Waals surface area contributed by atoms with Crippen molar-refractivity contribution < 1.29 is 4.79 Å². The van der Waals surface area contributed by atoms with Gasteiger partial charge in [-0.25, -0.2) is 9.97 Å². The van der Waals surface area contributed by atoms with Crippen LogP contribution in [0.15, 0.2) is 27.9 Å². The monoisotopic (exact) mass is 388 g/mol. The number of hydrogen-bond donors (Lipinski definition) is 0. The number of thiophene rings is 2. The van der Waals surface area contributed by atoms with E-state index in [1.165, 1.54) is 16.6 Å². The highest BCUT2D eigenvalue weighted by Gasteiger charge is 2.17. The van der Waals surface area contributed by atoms with Gasteiger partial charge in [-0.2, -0.15) is 5.26 Å². The van der Waals surface area contributed by atoms with Gasteiger partial charge in [-0.05, 0) is 18.4 Å². The summed E-state index contributed by atoms with van der Waals surface area (Å²) in [5, 5.41) is 14.7. The van der Waals surface area contributed by atoms with Crippen LogP contribution >= 0.6 is 34.4 Å². The van der Waals surface area contributed by atoms with E-state index >= 15 is 0 Å². The van der Waals surface area contributed by atoms with Crippen molar-refractivity contribution in [2.24, 2.45) is 0 Å². The third-order valence-corrected chi connectivity index (χ3v) is 6.35. The van der Waals surface area contributed by atoms with Crippen molar-refractivity contribution in [3.63, 3.8) is 0 Å². The van der Waals surface area contributed by atoms with Gasteiger partial charge in [0.15, 0.2) is 0 Å². The first kappa shape index (κ1) is 17.9. The predicted octanol–water partition coefficient (Wildman–Crippen LogP) is 4.19. The van der Waals surface area contributed by atoms with Crippen LogP contribution in [0.2, 0.25) is 0 Å². The lowest BCUT2D eigenvalue weighted by Crippen LogP contribution is -2.29. The zero-order chi connectivity index (χ0) is 17.8. The van der Waals surface area contributed by atoms with Gasteiger partial charge >= 0.3 is 0 Å². The Morgan fingerprint density at radius 3 is 2.96 bits per heavy atom. The van der Waals surface area contributed by atoms with Crippen molar-refractivity contribution in [2.45, 2.75) is 18.4 Å². The van der Waals surface area contributed by atoms with Crippen molar-refractivity contribution in [3.8, 4) is 16.5 Å². The van der Waals surface area contributed by atoms with E-state index in [0.717, 1.165) is 20.8 Å². The fourth-order valence-corrected chi connectivity index (χ4v) is 5.21. The summed E-state index contributed by atoms with van der Waals surface area (Å²) in [5.41, 5.74) is 1.13. The number of thioether (sulfide) groups is 1. The first-order valence-electron chi connectivity index (χ1n) is 7.63. The minimum absolute atomic E-state index is 0.00225. The van der Waals surface area contributed by atoms with Gasteiger partial charge in [0.05, 0.1) is 23.6 Å². The Bertz CT molecular complexity index is 927. The van der Waals surface area contributed by atoms with Gasteiger partial charge in [0, 0.05) is 29.4 Å². The summed E-state index contributed by atoms with van der Waals surface area (Å²) in [6.45, 7) is 2.32. The van der Waals surface area contributed by atoms with Gasteiger partial charge < -0.3 is 4.90 Å². The first-order valence-corrected chi connectivity index (χ1v) is 10.4. The third kappa shape index (κ3) is 4.00. The normalized spacial score (nSPS) is 10.8. The van der Waals surface area contributed by atoms with E-state index in [9.17, 15) is 4.79 Å². The van der Waals surface area contributed by atoms with Crippen LogP contribution in [0, 0.1) is 18.3 Å². The van der Waals surface area contributed by atoms with Crippen LogP contribution < -0.4 is 0 Å². The minimum Gasteiger partial charge on any atom is -0.344 e. The molecule has 0 aliphatic carbocycles. The van der Waals surface area contributed by atoms with E-state index < -0.39 is 0 Å². The molecule has 0 aliphatic rings. The highest BCUT2D eigenvalue weighted by atomic mass is 32.2. The molecule has 0 unspecified atom stereocenters. The maximum Gasteiger partial charge on any atom is 0.232 e. The number of hydrogen-bond acceptors (Lipinski definition) is 7. The van der Waals surface area contributed by atoms with Crippen LogP contribution in [0.3, 0.4) is 0 Å². The molecular weight excluding hydrogens is 372 g/mol. The van der Waals surface area contributed by atoms with E-state index in [0.29, 0.717) is 24.5 Å². The van der Waals surface area contributed by atoms with E-state index in [2.05, 4.69) is 27.5 Å². The molecule has 3 heterocycles. The summed E-state index contributed by atoms with van der Waals surface area (Å²) >= 11 is 4.72. The zero-order valence-electron chi connectivity index (χ0n) is 13.9. The Labute approximate surface area is 158 Å². The van der Waals surface area contributed by atoms with E-state index in [-0.39, 0.29) is 5.91 Å². The molecule has 0 saturated carbocycles. The molecule has 0 N–H and O–H groups in total. The summed E-state index contributed by atoms with van der Waals surface area (Å²) in [4.78, 5) is 25.1. The van der Waals surface area contributed by atoms with Crippen molar-refractivity contribution in [1.82, 2.24) is 14.9 Å². The molecule has 3 rings (SSSR count). The summed E-state index contributed by atoms with van der Waals surface area (Å²) < 4.78 is 0. The van der Waals surface area contributed by atoms with Crippen molar-refractivity contribution in [1.29, 1.82) is 5.26 Å².